The number of anilines is 1. The van der Waals surface area contributed by atoms with Crippen molar-refractivity contribution in [3.63, 3.8) is 0 Å². The van der Waals surface area contributed by atoms with Crippen LogP contribution in [0.2, 0.25) is 0 Å². The van der Waals surface area contributed by atoms with E-state index >= 15 is 0 Å². The number of rotatable bonds is 7. The molecule has 0 spiro atoms. The molecule has 0 aliphatic heterocycles. The zero-order valence-electron chi connectivity index (χ0n) is 12.6. The Labute approximate surface area is 133 Å². The summed E-state index contributed by atoms with van der Waals surface area (Å²) < 4.78 is 33.4. The molecule has 0 fully saturated rings. The van der Waals surface area contributed by atoms with Crippen molar-refractivity contribution in [1.82, 2.24) is 9.78 Å². The fourth-order valence-electron chi connectivity index (χ4n) is 1.89. The first kappa shape index (κ1) is 16.9. The standard InChI is InChI=1S/C13H16N4O5S/c1-10-3-4-12(7-13(10)17(18)19)23(20,21)15-11-8-14-16(9-11)5-6-22-2/h3-4,7-9,15H,5-6H2,1-2H3. The molecule has 0 bridgehead atoms. The highest BCUT2D eigenvalue weighted by molar-refractivity contribution is 7.92. The average Bonchev–Trinajstić information content (AvgIpc) is 2.91. The van der Waals surface area contributed by atoms with E-state index in [1.54, 1.807) is 14.0 Å². The van der Waals surface area contributed by atoms with E-state index in [-0.39, 0.29) is 16.3 Å². The molecule has 1 heterocycles. The molecule has 0 saturated carbocycles. The lowest BCUT2D eigenvalue weighted by molar-refractivity contribution is -0.385. The minimum absolute atomic E-state index is 0.181. The molecule has 0 amide bonds. The molecule has 124 valence electrons. The molecule has 10 heteroatoms. The summed E-state index contributed by atoms with van der Waals surface area (Å²) in [5, 5.41) is 14.9. The van der Waals surface area contributed by atoms with Gasteiger partial charge in [0.15, 0.2) is 0 Å². The summed E-state index contributed by atoms with van der Waals surface area (Å²) in [5.74, 6) is 0. The lowest BCUT2D eigenvalue weighted by Crippen LogP contribution is -2.13. The largest absolute Gasteiger partial charge is 0.383 e. The molecular formula is C13H16N4O5S. The number of hydrogen-bond acceptors (Lipinski definition) is 6. The van der Waals surface area contributed by atoms with Gasteiger partial charge in [-0.2, -0.15) is 5.10 Å². The summed E-state index contributed by atoms with van der Waals surface area (Å²) in [5.41, 5.74) is 0.411. The summed E-state index contributed by atoms with van der Waals surface area (Å²) in [6.07, 6.45) is 2.87. The molecule has 0 unspecified atom stereocenters. The Kier molecular flexibility index (Phi) is 4.96. The molecule has 1 N–H and O–H groups in total. The number of nitro groups is 1. The van der Waals surface area contributed by atoms with Crippen LogP contribution in [0, 0.1) is 17.0 Å². The van der Waals surface area contributed by atoms with Gasteiger partial charge in [0.05, 0.1) is 34.9 Å². The predicted octanol–water partition coefficient (Wildman–Crippen LogP) is 1.55. The number of aryl methyl sites for hydroxylation is 1. The van der Waals surface area contributed by atoms with Crippen LogP contribution in [-0.2, 0) is 21.3 Å². The van der Waals surface area contributed by atoms with Crippen LogP contribution in [0.25, 0.3) is 0 Å². The highest BCUT2D eigenvalue weighted by Gasteiger charge is 2.20. The van der Waals surface area contributed by atoms with Crippen molar-refractivity contribution in [2.24, 2.45) is 0 Å². The van der Waals surface area contributed by atoms with Crippen LogP contribution < -0.4 is 4.72 Å². The summed E-state index contributed by atoms with van der Waals surface area (Å²) >= 11 is 0. The lowest BCUT2D eigenvalue weighted by Gasteiger charge is -2.06. The van der Waals surface area contributed by atoms with Gasteiger partial charge in [-0.05, 0) is 13.0 Å². The molecular weight excluding hydrogens is 324 g/mol. The number of sulfonamides is 1. The van der Waals surface area contributed by atoms with Gasteiger partial charge in [-0.25, -0.2) is 8.42 Å². The molecule has 1 aromatic heterocycles. The summed E-state index contributed by atoms with van der Waals surface area (Å²) in [4.78, 5) is 10.1. The molecule has 2 rings (SSSR count). The Morgan fingerprint density at radius 1 is 1.43 bits per heavy atom. The van der Waals surface area contributed by atoms with Gasteiger partial charge in [-0.1, -0.05) is 6.07 Å². The molecule has 0 aliphatic rings. The van der Waals surface area contributed by atoms with E-state index in [2.05, 4.69) is 9.82 Å². The molecule has 2 aromatic rings. The number of nitrogens with zero attached hydrogens (tertiary/aromatic N) is 3. The van der Waals surface area contributed by atoms with Gasteiger partial charge in [0.2, 0.25) is 0 Å². The molecule has 0 radical (unpaired) electrons. The Hall–Kier alpha value is -2.46. The van der Waals surface area contributed by atoms with E-state index in [9.17, 15) is 18.5 Å². The predicted molar refractivity (Wildman–Crippen MR) is 82.7 cm³/mol. The van der Waals surface area contributed by atoms with Gasteiger partial charge >= 0.3 is 0 Å². The molecule has 0 saturated heterocycles. The summed E-state index contributed by atoms with van der Waals surface area (Å²) in [6, 6.07) is 3.75. The molecule has 9 nitrogen and oxygen atoms in total. The van der Waals surface area contributed by atoms with E-state index in [1.807, 2.05) is 0 Å². The zero-order chi connectivity index (χ0) is 17.0. The molecule has 0 atom stereocenters. The van der Waals surface area contributed by atoms with E-state index in [1.165, 1.54) is 29.2 Å². The fraction of sp³-hybridized carbons (Fsp3) is 0.308. The quantitative estimate of drug-likeness (QED) is 0.604. The Morgan fingerprint density at radius 2 is 2.17 bits per heavy atom. The smallest absolute Gasteiger partial charge is 0.273 e. The van der Waals surface area contributed by atoms with E-state index < -0.39 is 14.9 Å². The first-order chi connectivity index (χ1) is 10.8. The van der Waals surface area contributed by atoms with E-state index in [0.29, 0.717) is 18.7 Å². The van der Waals surface area contributed by atoms with Crippen molar-refractivity contribution < 1.29 is 18.1 Å². The van der Waals surface area contributed by atoms with Crippen molar-refractivity contribution in [3.05, 3.63) is 46.3 Å². The van der Waals surface area contributed by atoms with Gasteiger partial charge in [-0.3, -0.25) is 19.5 Å². The fourth-order valence-corrected chi connectivity index (χ4v) is 2.94. The van der Waals surface area contributed by atoms with Crippen LogP contribution in [-0.4, -0.2) is 36.8 Å². The van der Waals surface area contributed by atoms with Crippen molar-refractivity contribution in [2.45, 2.75) is 18.4 Å². The minimum Gasteiger partial charge on any atom is -0.383 e. The van der Waals surface area contributed by atoms with Crippen molar-refractivity contribution >= 4 is 21.4 Å². The second kappa shape index (κ2) is 6.75. The Balaban J connectivity index is 2.23. The van der Waals surface area contributed by atoms with E-state index in [4.69, 9.17) is 4.74 Å². The van der Waals surface area contributed by atoms with Gasteiger partial charge in [0.25, 0.3) is 15.7 Å². The Morgan fingerprint density at radius 3 is 2.83 bits per heavy atom. The van der Waals surface area contributed by atoms with Crippen molar-refractivity contribution in [2.75, 3.05) is 18.4 Å². The average molecular weight is 340 g/mol. The first-order valence-corrected chi connectivity index (χ1v) is 8.11. The van der Waals surface area contributed by atoms with Gasteiger partial charge in [0, 0.05) is 24.9 Å². The number of ether oxygens (including phenoxy) is 1. The second-order valence-corrected chi connectivity index (χ2v) is 6.48. The van der Waals surface area contributed by atoms with Crippen molar-refractivity contribution in [3.8, 4) is 0 Å². The number of nitrogens with one attached hydrogen (secondary N) is 1. The van der Waals surface area contributed by atoms with Gasteiger partial charge in [0.1, 0.15) is 0 Å². The number of methoxy groups -OCH3 is 1. The van der Waals surface area contributed by atoms with Crippen LogP contribution in [0.15, 0.2) is 35.5 Å². The SMILES string of the molecule is COCCn1cc(NS(=O)(=O)c2ccc(C)c([N+](=O)[O-])c2)cn1. The Bertz CT molecular complexity index is 816. The monoisotopic (exact) mass is 340 g/mol. The van der Waals surface area contributed by atoms with Crippen LogP contribution in [0.3, 0.4) is 0 Å². The second-order valence-electron chi connectivity index (χ2n) is 4.80. The highest BCUT2D eigenvalue weighted by Crippen LogP contribution is 2.23. The number of nitro benzene ring substituents is 1. The lowest BCUT2D eigenvalue weighted by atomic mass is 10.2. The maximum absolute atomic E-state index is 12.3. The topological polar surface area (TPSA) is 116 Å². The molecule has 1 aromatic carbocycles. The van der Waals surface area contributed by atoms with Crippen LogP contribution in [0.5, 0.6) is 0 Å². The van der Waals surface area contributed by atoms with Crippen LogP contribution in [0.1, 0.15) is 5.56 Å². The van der Waals surface area contributed by atoms with Crippen LogP contribution >= 0.6 is 0 Å². The normalized spacial score (nSPS) is 11.4. The third-order valence-electron chi connectivity index (χ3n) is 3.10. The summed E-state index contributed by atoms with van der Waals surface area (Å²) in [7, 11) is -2.38. The van der Waals surface area contributed by atoms with Gasteiger partial charge in [-0.15, -0.1) is 0 Å². The number of benzene rings is 1. The third kappa shape index (κ3) is 4.05. The number of aromatic nitrogens is 2. The molecule has 23 heavy (non-hydrogen) atoms. The summed E-state index contributed by atoms with van der Waals surface area (Å²) in [6.45, 7) is 2.47. The van der Waals surface area contributed by atoms with Gasteiger partial charge < -0.3 is 4.74 Å². The van der Waals surface area contributed by atoms with Crippen molar-refractivity contribution in [1.29, 1.82) is 0 Å². The maximum Gasteiger partial charge on any atom is 0.273 e. The maximum atomic E-state index is 12.3. The minimum atomic E-state index is -3.93. The zero-order valence-corrected chi connectivity index (χ0v) is 13.4. The third-order valence-corrected chi connectivity index (χ3v) is 4.48. The van der Waals surface area contributed by atoms with E-state index in [0.717, 1.165) is 6.07 Å². The highest BCUT2D eigenvalue weighted by atomic mass is 32.2. The first-order valence-electron chi connectivity index (χ1n) is 6.63. The van der Waals surface area contributed by atoms with Crippen LogP contribution in [0.4, 0.5) is 11.4 Å². The number of hydrogen-bond donors (Lipinski definition) is 1. The molecule has 0 aliphatic carbocycles.